The highest BCUT2D eigenvalue weighted by Crippen LogP contribution is 2.17. The van der Waals surface area contributed by atoms with Gasteiger partial charge < -0.3 is 15.1 Å². The van der Waals surface area contributed by atoms with E-state index in [0.29, 0.717) is 5.56 Å². The Bertz CT molecular complexity index is 564. The quantitative estimate of drug-likeness (QED) is 0.885. The highest BCUT2D eigenvalue weighted by atomic mass is 16.3. The number of nitrogens with zero attached hydrogens (tertiary/aromatic N) is 1. The van der Waals surface area contributed by atoms with Crippen LogP contribution in [0.15, 0.2) is 35.1 Å². The molecule has 5 heteroatoms. The van der Waals surface area contributed by atoms with Crippen molar-refractivity contribution < 1.29 is 9.21 Å². The van der Waals surface area contributed by atoms with Crippen molar-refractivity contribution in [3.63, 3.8) is 0 Å². The first-order valence-electron chi connectivity index (χ1n) is 6.10. The Morgan fingerprint density at radius 3 is 2.89 bits per heavy atom. The van der Waals surface area contributed by atoms with E-state index in [4.69, 9.17) is 4.42 Å². The van der Waals surface area contributed by atoms with Crippen LogP contribution in [0.2, 0.25) is 0 Å². The molecule has 19 heavy (non-hydrogen) atoms. The molecule has 0 bridgehead atoms. The second kappa shape index (κ2) is 5.56. The Kier molecular flexibility index (Phi) is 3.85. The van der Waals surface area contributed by atoms with Crippen molar-refractivity contribution in [3.8, 4) is 0 Å². The number of pyridine rings is 1. The maximum Gasteiger partial charge on any atom is 0.255 e. The van der Waals surface area contributed by atoms with Gasteiger partial charge in [0, 0.05) is 18.9 Å². The summed E-state index contributed by atoms with van der Waals surface area (Å²) in [6.07, 6.45) is 3.16. The van der Waals surface area contributed by atoms with Gasteiger partial charge in [-0.2, -0.15) is 0 Å². The van der Waals surface area contributed by atoms with Crippen LogP contribution in [-0.4, -0.2) is 17.9 Å². The second-order valence-corrected chi connectivity index (χ2v) is 4.33. The van der Waals surface area contributed by atoms with Crippen molar-refractivity contribution in [2.24, 2.45) is 0 Å². The van der Waals surface area contributed by atoms with Gasteiger partial charge in [-0.1, -0.05) is 0 Å². The number of carbonyl (C=O) groups is 1. The van der Waals surface area contributed by atoms with Gasteiger partial charge in [-0.3, -0.25) is 9.78 Å². The summed E-state index contributed by atoms with van der Waals surface area (Å²) in [5.74, 6) is 0.542. The lowest BCUT2D eigenvalue weighted by atomic mass is 10.1. The number of aromatic nitrogens is 1. The van der Waals surface area contributed by atoms with Crippen molar-refractivity contribution in [1.82, 2.24) is 10.3 Å². The van der Waals surface area contributed by atoms with E-state index in [0.717, 1.165) is 17.1 Å². The Morgan fingerprint density at radius 2 is 2.26 bits per heavy atom. The minimum Gasteiger partial charge on any atom is -0.467 e. The topological polar surface area (TPSA) is 67.2 Å². The van der Waals surface area contributed by atoms with Crippen molar-refractivity contribution >= 4 is 11.6 Å². The van der Waals surface area contributed by atoms with Crippen LogP contribution < -0.4 is 10.6 Å². The van der Waals surface area contributed by atoms with Crippen molar-refractivity contribution in [2.45, 2.75) is 19.9 Å². The number of furan rings is 1. The van der Waals surface area contributed by atoms with E-state index in [9.17, 15) is 4.79 Å². The Hall–Kier alpha value is -2.30. The molecule has 2 heterocycles. The van der Waals surface area contributed by atoms with Crippen LogP contribution in [0.5, 0.6) is 0 Å². The zero-order chi connectivity index (χ0) is 13.8. The summed E-state index contributed by atoms with van der Waals surface area (Å²) < 4.78 is 5.26. The van der Waals surface area contributed by atoms with Gasteiger partial charge in [0.05, 0.1) is 23.6 Å². The van der Waals surface area contributed by atoms with Crippen LogP contribution in [0.4, 0.5) is 5.69 Å². The molecule has 1 unspecified atom stereocenters. The molecule has 0 spiro atoms. The van der Waals surface area contributed by atoms with Gasteiger partial charge in [0.2, 0.25) is 0 Å². The van der Waals surface area contributed by atoms with E-state index in [2.05, 4.69) is 15.6 Å². The lowest BCUT2D eigenvalue weighted by Crippen LogP contribution is -2.27. The molecule has 1 atom stereocenters. The average Bonchev–Trinajstić information content (AvgIpc) is 2.92. The molecule has 0 radical (unpaired) electrons. The second-order valence-electron chi connectivity index (χ2n) is 4.33. The highest BCUT2D eigenvalue weighted by Gasteiger charge is 2.16. The third-order valence-electron chi connectivity index (χ3n) is 2.87. The van der Waals surface area contributed by atoms with E-state index in [1.54, 1.807) is 25.6 Å². The average molecular weight is 259 g/mol. The largest absolute Gasteiger partial charge is 0.467 e. The molecule has 2 rings (SSSR count). The van der Waals surface area contributed by atoms with Crippen LogP contribution in [0.25, 0.3) is 0 Å². The predicted molar refractivity (Wildman–Crippen MR) is 73.1 cm³/mol. The first-order chi connectivity index (χ1) is 9.11. The van der Waals surface area contributed by atoms with Crippen LogP contribution in [0.3, 0.4) is 0 Å². The molecule has 2 aromatic heterocycles. The Balaban J connectivity index is 2.16. The molecule has 0 aliphatic heterocycles. The minimum absolute atomic E-state index is 0.180. The summed E-state index contributed by atoms with van der Waals surface area (Å²) in [4.78, 5) is 16.4. The van der Waals surface area contributed by atoms with E-state index in [1.165, 1.54) is 0 Å². The number of anilines is 1. The molecule has 2 N–H and O–H groups in total. The van der Waals surface area contributed by atoms with Gasteiger partial charge in [-0.15, -0.1) is 0 Å². The van der Waals surface area contributed by atoms with Gasteiger partial charge in [0.1, 0.15) is 5.76 Å². The number of aryl methyl sites for hydroxylation is 1. The predicted octanol–water partition coefficient (Wildman–Crippen LogP) is 2.52. The summed E-state index contributed by atoms with van der Waals surface area (Å²) in [5.41, 5.74) is 2.14. The van der Waals surface area contributed by atoms with Gasteiger partial charge in [-0.05, 0) is 32.0 Å². The fraction of sp³-hybridized carbons (Fsp3) is 0.286. The zero-order valence-electron chi connectivity index (χ0n) is 11.2. The number of rotatable bonds is 4. The minimum atomic E-state index is -0.187. The maximum absolute atomic E-state index is 12.2. The molecule has 1 amide bonds. The number of amides is 1. The van der Waals surface area contributed by atoms with Gasteiger partial charge >= 0.3 is 0 Å². The molecule has 100 valence electrons. The fourth-order valence-electron chi connectivity index (χ4n) is 1.83. The lowest BCUT2D eigenvalue weighted by Gasteiger charge is -2.14. The smallest absolute Gasteiger partial charge is 0.255 e. The number of nitrogens with one attached hydrogen (secondary N) is 2. The third-order valence-corrected chi connectivity index (χ3v) is 2.87. The summed E-state index contributed by atoms with van der Waals surface area (Å²) in [6, 6.07) is 5.28. The monoisotopic (exact) mass is 259 g/mol. The van der Waals surface area contributed by atoms with Crippen molar-refractivity contribution in [1.29, 1.82) is 0 Å². The highest BCUT2D eigenvalue weighted by molar-refractivity contribution is 5.99. The first-order valence-corrected chi connectivity index (χ1v) is 6.10. The molecule has 0 aliphatic rings. The number of hydrogen-bond acceptors (Lipinski definition) is 4. The summed E-state index contributed by atoms with van der Waals surface area (Å²) in [5, 5.41) is 5.88. The van der Waals surface area contributed by atoms with E-state index in [1.807, 2.05) is 26.0 Å². The molecule has 0 aliphatic carbocycles. The molecular formula is C14H17N3O2. The molecule has 0 saturated carbocycles. The fourth-order valence-corrected chi connectivity index (χ4v) is 1.83. The Labute approximate surface area is 112 Å². The van der Waals surface area contributed by atoms with Gasteiger partial charge in [0.25, 0.3) is 5.91 Å². The molecule has 0 fully saturated rings. The number of carbonyl (C=O) groups excluding carboxylic acids is 1. The van der Waals surface area contributed by atoms with E-state index < -0.39 is 0 Å². The molecule has 0 saturated heterocycles. The van der Waals surface area contributed by atoms with Gasteiger partial charge in [0.15, 0.2) is 0 Å². The first kappa shape index (κ1) is 13.1. The van der Waals surface area contributed by atoms with Crippen LogP contribution in [-0.2, 0) is 0 Å². The Morgan fingerprint density at radius 1 is 1.47 bits per heavy atom. The van der Waals surface area contributed by atoms with Crippen LogP contribution >= 0.6 is 0 Å². The summed E-state index contributed by atoms with van der Waals surface area (Å²) >= 11 is 0. The molecule has 5 nitrogen and oxygen atoms in total. The maximum atomic E-state index is 12.2. The van der Waals surface area contributed by atoms with Gasteiger partial charge in [-0.25, -0.2) is 0 Å². The van der Waals surface area contributed by atoms with Crippen LogP contribution in [0, 0.1) is 6.92 Å². The standard InChI is InChI=1S/C14H17N3O2/c1-9-7-12(15-3)11(8-16-9)14(18)17-10(2)13-5-4-6-19-13/h4-8,10H,1-3H3,(H,15,16)(H,17,18). The normalized spacial score (nSPS) is 11.9. The SMILES string of the molecule is CNc1cc(C)ncc1C(=O)NC(C)c1ccco1. The van der Waals surface area contributed by atoms with E-state index in [-0.39, 0.29) is 11.9 Å². The number of hydrogen-bond donors (Lipinski definition) is 2. The molecular weight excluding hydrogens is 242 g/mol. The van der Waals surface area contributed by atoms with Crippen LogP contribution in [0.1, 0.15) is 34.8 Å². The van der Waals surface area contributed by atoms with Crippen molar-refractivity contribution in [2.75, 3.05) is 12.4 Å². The molecule has 0 aromatic carbocycles. The lowest BCUT2D eigenvalue weighted by molar-refractivity contribution is 0.0936. The third kappa shape index (κ3) is 2.93. The molecule has 2 aromatic rings. The summed E-state index contributed by atoms with van der Waals surface area (Å²) in [7, 11) is 1.78. The van der Waals surface area contributed by atoms with E-state index >= 15 is 0 Å². The van der Waals surface area contributed by atoms with Crippen molar-refractivity contribution in [3.05, 3.63) is 47.7 Å². The summed E-state index contributed by atoms with van der Waals surface area (Å²) in [6.45, 7) is 3.76. The zero-order valence-corrected chi connectivity index (χ0v) is 11.2.